The molecule has 0 bridgehead atoms. The van der Waals surface area contributed by atoms with Gasteiger partial charge in [-0.05, 0) is 42.7 Å². The molecule has 1 aliphatic carbocycles. The molecule has 5 rings (SSSR count). The molecule has 3 aromatic rings. The van der Waals surface area contributed by atoms with Crippen LogP contribution in [-0.2, 0) is 12.7 Å². The summed E-state index contributed by atoms with van der Waals surface area (Å²) in [4.78, 5) is 38.0. The lowest BCUT2D eigenvalue weighted by atomic mass is 10.1. The third-order valence-corrected chi connectivity index (χ3v) is 5.33. The molecule has 0 radical (unpaired) electrons. The number of carbonyl (C=O) groups excluding carboxylic acids is 2. The predicted molar refractivity (Wildman–Crippen MR) is 103 cm³/mol. The van der Waals surface area contributed by atoms with Gasteiger partial charge in [0.15, 0.2) is 0 Å². The molecule has 0 unspecified atom stereocenters. The smallest absolute Gasteiger partial charge is 0.269 e. The molecule has 31 heavy (non-hydrogen) atoms. The number of hydrogen-bond donors (Lipinski definition) is 0. The number of alkyl halides is 3. The van der Waals surface area contributed by atoms with Gasteiger partial charge in [-0.15, -0.1) is 0 Å². The van der Waals surface area contributed by atoms with E-state index in [2.05, 4.69) is 15.0 Å². The van der Waals surface area contributed by atoms with Gasteiger partial charge in [-0.2, -0.15) is 13.2 Å². The number of fused-ring (bicyclic) bond motifs is 1. The Morgan fingerprint density at radius 3 is 2.10 bits per heavy atom. The average molecular weight is 424 g/mol. The first-order valence-electron chi connectivity index (χ1n) is 9.67. The topological polar surface area (TPSA) is 76.1 Å². The second kappa shape index (κ2) is 6.97. The van der Waals surface area contributed by atoms with Gasteiger partial charge >= 0.3 is 6.18 Å². The van der Waals surface area contributed by atoms with E-state index in [0.29, 0.717) is 27.9 Å². The fraction of sp³-hybridized carbons (Fsp3) is 0.227. The SMILES string of the molecule is O=C1c2ccccc2C(=O)N1Cc1cc(-c2cnc(C(F)(F)F)nc2)cc(C2CC2)n1. The lowest BCUT2D eigenvalue weighted by Crippen LogP contribution is -2.29. The Morgan fingerprint density at radius 2 is 1.55 bits per heavy atom. The van der Waals surface area contributed by atoms with Crippen molar-refractivity contribution in [3.05, 3.63) is 77.1 Å². The van der Waals surface area contributed by atoms with Crippen molar-refractivity contribution in [2.24, 2.45) is 0 Å². The van der Waals surface area contributed by atoms with Crippen LogP contribution in [0.25, 0.3) is 11.1 Å². The lowest BCUT2D eigenvalue weighted by Gasteiger charge is -2.15. The van der Waals surface area contributed by atoms with E-state index in [0.717, 1.165) is 35.8 Å². The molecule has 2 aromatic heterocycles. The number of aromatic nitrogens is 3. The summed E-state index contributed by atoms with van der Waals surface area (Å²) in [5.74, 6) is -1.73. The summed E-state index contributed by atoms with van der Waals surface area (Å²) in [7, 11) is 0. The Hall–Kier alpha value is -3.62. The number of rotatable bonds is 4. The van der Waals surface area contributed by atoms with Crippen LogP contribution in [0.15, 0.2) is 48.8 Å². The van der Waals surface area contributed by atoms with Gasteiger partial charge in [0.1, 0.15) is 0 Å². The molecular formula is C22H15F3N4O2. The zero-order chi connectivity index (χ0) is 21.8. The van der Waals surface area contributed by atoms with E-state index in [4.69, 9.17) is 0 Å². The van der Waals surface area contributed by atoms with Crippen LogP contribution in [0, 0.1) is 0 Å². The maximum absolute atomic E-state index is 12.8. The van der Waals surface area contributed by atoms with Crippen molar-refractivity contribution in [1.82, 2.24) is 19.9 Å². The first-order valence-corrected chi connectivity index (χ1v) is 9.67. The molecule has 156 valence electrons. The highest BCUT2D eigenvalue weighted by Gasteiger charge is 2.36. The van der Waals surface area contributed by atoms with E-state index in [1.54, 1.807) is 36.4 Å². The monoisotopic (exact) mass is 424 g/mol. The highest BCUT2D eigenvalue weighted by molar-refractivity contribution is 6.21. The Kier molecular flexibility index (Phi) is 4.35. The molecule has 1 saturated carbocycles. The van der Waals surface area contributed by atoms with Gasteiger partial charge in [-0.25, -0.2) is 9.97 Å². The maximum Gasteiger partial charge on any atom is 0.451 e. The van der Waals surface area contributed by atoms with E-state index < -0.39 is 23.8 Å². The van der Waals surface area contributed by atoms with Gasteiger partial charge < -0.3 is 0 Å². The number of imide groups is 1. The van der Waals surface area contributed by atoms with Crippen LogP contribution in [0.4, 0.5) is 13.2 Å². The van der Waals surface area contributed by atoms with Gasteiger partial charge in [0, 0.05) is 29.6 Å². The third kappa shape index (κ3) is 3.56. The Bertz CT molecular complexity index is 1170. The number of pyridine rings is 1. The molecule has 2 aliphatic rings. The van der Waals surface area contributed by atoms with Crippen LogP contribution in [-0.4, -0.2) is 31.7 Å². The largest absolute Gasteiger partial charge is 0.451 e. The van der Waals surface area contributed by atoms with Gasteiger partial charge in [-0.3, -0.25) is 19.5 Å². The summed E-state index contributed by atoms with van der Waals surface area (Å²) in [6.07, 6.45) is -0.452. The van der Waals surface area contributed by atoms with Crippen LogP contribution >= 0.6 is 0 Å². The normalized spacial score (nSPS) is 16.0. The van der Waals surface area contributed by atoms with Crippen LogP contribution < -0.4 is 0 Å². The summed E-state index contributed by atoms with van der Waals surface area (Å²) < 4.78 is 38.3. The Morgan fingerprint density at radius 1 is 0.935 bits per heavy atom. The van der Waals surface area contributed by atoms with Crippen LogP contribution in [0.1, 0.15) is 56.7 Å². The number of hydrogen-bond acceptors (Lipinski definition) is 5. The number of benzene rings is 1. The summed E-state index contributed by atoms with van der Waals surface area (Å²) in [6.45, 7) is -0.0264. The van der Waals surface area contributed by atoms with Gasteiger partial charge in [0.2, 0.25) is 5.82 Å². The minimum atomic E-state index is -4.62. The number of halogens is 3. The fourth-order valence-electron chi connectivity index (χ4n) is 3.61. The van der Waals surface area contributed by atoms with Crippen molar-refractivity contribution in [1.29, 1.82) is 0 Å². The summed E-state index contributed by atoms with van der Waals surface area (Å²) in [6, 6.07) is 10.1. The third-order valence-electron chi connectivity index (χ3n) is 5.33. The molecule has 9 heteroatoms. The molecule has 0 atom stereocenters. The van der Waals surface area contributed by atoms with E-state index in [9.17, 15) is 22.8 Å². The predicted octanol–water partition coefficient (Wildman–Crippen LogP) is 4.23. The zero-order valence-corrected chi connectivity index (χ0v) is 16.1. The standard InChI is InChI=1S/C22H15F3N4O2/c23-22(24,25)21-26-9-14(10-27-21)13-7-15(28-18(8-13)12-5-6-12)11-29-19(30)16-3-1-2-4-17(16)20(29)31/h1-4,7-10,12H,5-6,11H2. The van der Waals surface area contributed by atoms with Crippen LogP contribution in [0.5, 0.6) is 0 Å². The summed E-state index contributed by atoms with van der Waals surface area (Å²) in [5, 5.41) is 0. The van der Waals surface area contributed by atoms with E-state index in [1.165, 1.54) is 0 Å². The minimum Gasteiger partial charge on any atom is -0.269 e. The molecule has 2 amide bonds. The van der Waals surface area contributed by atoms with E-state index in [-0.39, 0.29) is 12.5 Å². The van der Waals surface area contributed by atoms with E-state index >= 15 is 0 Å². The van der Waals surface area contributed by atoms with E-state index in [1.807, 2.05) is 0 Å². The summed E-state index contributed by atoms with van der Waals surface area (Å²) >= 11 is 0. The molecule has 1 aromatic carbocycles. The molecular weight excluding hydrogens is 409 g/mol. The van der Waals surface area contributed by atoms with Crippen molar-refractivity contribution in [2.75, 3.05) is 0 Å². The van der Waals surface area contributed by atoms with Crippen molar-refractivity contribution < 1.29 is 22.8 Å². The first kappa shape index (κ1) is 19.3. The van der Waals surface area contributed by atoms with Gasteiger partial charge in [0.05, 0.1) is 23.4 Å². The fourth-order valence-corrected chi connectivity index (χ4v) is 3.61. The van der Waals surface area contributed by atoms with Crippen molar-refractivity contribution in [3.63, 3.8) is 0 Å². The Balaban J connectivity index is 1.48. The molecule has 1 aliphatic heterocycles. The molecule has 3 heterocycles. The first-order chi connectivity index (χ1) is 14.8. The van der Waals surface area contributed by atoms with Crippen LogP contribution in [0.3, 0.4) is 0 Å². The molecule has 0 N–H and O–H groups in total. The number of amides is 2. The second-order valence-corrected chi connectivity index (χ2v) is 7.58. The Labute approximate surface area is 174 Å². The molecule has 0 spiro atoms. The maximum atomic E-state index is 12.8. The number of carbonyl (C=O) groups is 2. The average Bonchev–Trinajstić information content (AvgIpc) is 3.58. The van der Waals surface area contributed by atoms with Crippen molar-refractivity contribution in [2.45, 2.75) is 31.5 Å². The number of nitrogens with zero attached hydrogens (tertiary/aromatic N) is 4. The summed E-state index contributed by atoms with van der Waals surface area (Å²) in [5.41, 5.74) is 2.96. The molecule has 0 saturated heterocycles. The zero-order valence-electron chi connectivity index (χ0n) is 16.1. The minimum absolute atomic E-state index is 0.0264. The van der Waals surface area contributed by atoms with Gasteiger partial charge in [-0.1, -0.05) is 12.1 Å². The highest BCUT2D eigenvalue weighted by Crippen LogP contribution is 2.40. The lowest BCUT2D eigenvalue weighted by molar-refractivity contribution is -0.145. The van der Waals surface area contributed by atoms with Crippen molar-refractivity contribution >= 4 is 11.8 Å². The van der Waals surface area contributed by atoms with Crippen molar-refractivity contribution in [3.8, 4) is 11.1 Å². The molecule has 6 nitrogen and oxygen atoms in total. The second-order valence-electron chi connectivity index (χ2n) is 7.58. The van der Waals surface area contributed by atoms with Gasteiger partial charge in [0.25, 0.3) is 11.8 Å². The molecule has 1 fully saturated rings. The highest BCUT2D eigenvalue weighted by atomic mass is 19.4. The van der Waals surface area contributed by atoms with Crippen LogP contribution in [0.2, 0.25) is 0 Å². The quantitative estimate of drug-likeness (QED) is 0.586.